The van der Waals surface area contributed by atoms with Crippen LogP contribution in [0.1, 0.15) is 70.0 Å². The van der Waals surface area contributed by atoms with Gasteiger partial charge in [0.2, 0.25) is 5.91 Å². The van der Waals surface area contributed by atoms with E-state index in [-0.39, 0.29) is 28.9 Å². The highest BCUT2D eigenvalue weighted by Crippen LogP contribution is 2.45. The maximum absolute atomic E-state index is 14.0. The lowest BCUT2D eigenvalue weighted by molar-refractivity contribution is -0.142. The van der Waals surface area contributed by atoms with E-state index in [9.17, 15) is 4.79 Å². The zero-order chi connectivity index (χ0) is 30.6. The SMILES string of the molecule is CC[C@@H](CO[Si](c1ccccc1)(c1ccccc1)C(C)(C)C)N1C(=O)CC[C@H](c2cccc(Cl)c2)[C@H]1c1ccc(Cl)cc1. The molecule has 4 aromatic rings. The minimum atomic E-state index is -2.78. The number of amides is 1. The monoisotopic (exact) mass is 629 g/mol. The molecule has 1 fully saturated rings. The molecule has 3 nitrogen and oxygen atoms in total. The predicted octanol–water partition coefficient (Wildman–Crippen LogP) is 8.80. The van der Waals surface area contributed by atoms with Crippen molar-refractivity contribution in [3.05, 3.63) is 130 Å². The molecule has 1 saturated heterocycles. The molecular weight excluding hydrogens is 589 g/mol. The van der Waals surface area contributed by atoms with E-state index in [0.29, 0.717) is 23.1 Å². The molecule has 0 aromatic heterocycles. The minimum absolute atomic E-state index is 0.0968. The van der Waals surface area contributed by atoms with Gasteiger partial charge in [0.05, 0.1) is 18.7 Å². The lowest BCUT2D eigenvalue weighted by Crippen LogP contribution is -2.67. The largest absolute Gasteiger partial charge is 0.405 e. The summed E-state index contributed by atoms with van der Waals surface area (Å²) in [7, 11) is -2.78. The van der Waals surface area contributed by atoms with Gasteiger partial charge in [0.1, 0.15) is 0 Å². The Morgan fingerprint density at radius 1 is 0.814 bits per heavy atom. The zero-order valence-electron chi connectivity index (χ0n) is 25.5. The van der Waals surface area contributed by atoms with E-state index in [2.05, 4.69) is 111 Å². The second-order valence-electron chi connectivity index (χ2n) is 12.5. The topological polar surface area (TPSA) is 29.5 Å². The van der Waals surface area contributed by atoms with Gasteiger partial charge in [-0.15, -0.1) is 0 Å². The Bertz CT molecular complexity index is 1470. The standard InChI is InChI=1S/C37H41Cl2NO2Si/c1-5-31(26-42-43(37(2,3)4,32-15-8-6-9-16-32)33-17-10-7-11-18-33)40-35(41)24-23-34(28-13-12-14-30(39)25-28)36(40)27-19-21-29(38)22-20-27/h6-22,25,31,34,36H,5,23-24,26H2,1-4H3/t31-,34+,36+/m0/s1. The minimum Gasteiger partial charge on any atom is -0.405 e. The highest BCUT2D eigenvalue weighted by atomic mass is 35.5. The molecule has 1 aliphatic heterocycles. The Kier molecular flexibility index (Phi) is 9.82. The lowest BCUT2D eigenvalue weighted by Gasteiger charge is -2.48. The van der Waals surface area contributed by atoms with Crippen LogP contribution in [0.5, 0.6) is 0 Å². The second-order valence-corrected chi connectivity index (χ2v) is 17.7. The molecule has 0 bridgehead atoms. The summed E-state index contributed by atoms with van der Waals surface area (Å²) >= 11 is 12.8. The molecule has 0 N–H and O–H groups in total. The Morgan fingerprint density at radius 2 is 1.42 bits per heavy atom. The van der Waals surface area contributed by atoms with Crippen LogP contribution in [0.4, 0.5) is 0 Å². The van der Waals surface area contributed by atoms with E-state index in [0.717, 1.165) is 24.0 Å². The van der Waals surface area contributed by atoms with Crippen molar-refractivity contribution in [1.82, 2.24) is 4.90 Å². The van der Waals surface area contributed by atoms with Gasteiger partial charge in [-0.05, 0) is 63.6 Å². The molecule has 0 unspecified atom stereocenters. The van der Waals surface area contributed by atoms with E-state index in [1.807, 2.05) is 30.3 Å². The second kappa shape index (κ2) is 13.4. The molecule has 0 saturated carbocycles. The van der Waals surface area contributed by atoms with Crippen LogP contribution in [-0.2, 0) is 9.22 Å². The van der Waals surface area contributed by atoms with Crippen LogP contribution in [-0.4, -0.2) is 31.8 Å². The summed E-state index contributed by atoms with van der Waals surface area (Å²) in [5.41, 5.74) is 2.22. The van der Waals surface area contributed by atoms with Gasteiger partial charge >= 0.3 is 0 Å². The number of halogens is 2. The van der Waals surface area contributed by atoms with Gasteiger partial charge in [-0.25, -0.2) is 0 Å². The Hall–Kier alpha value is -2.89. The third-order valence-electron chi connectivity index (χ3n) is 8.90. The van der Waals surface area contributed by atoms with Gasteiger partial charge in [-0.1, -0.05) is 136 Å². The Balaban J connectivity index is 1.58. The molecule has 6 heteroatoms. The summed E-state index contributed by atoms with van der Waals surface area (Å²) in [4.78, 5) is 16.1. The zero-order valence-corrected chi connectivity index (χ0v) is 28.0. The number of carbonyl (C=O) groups is 1. The van der Waals surface area contributed by atoms with Crippen molar-refractivity contribution in [1.29, 1.82) is 0 Å². The number of hydrogen-bond donors (Lipinski definition) is 0. The van der Waals surface area contributed by atoms with Gasteiger partial charge in [0.25, 0.3) is 8.32 Å². The Labute approximate surface area is 267 Å². The Morgan fingerprint density at radius 3 is 1.95 bits per heavy atom. The molecular formula is C37H41Cl2NO2Si. The summed E-state index contributed by atoms with van der Waals surface area (Å²) < 4.78 is 7.39. The predicted molar refractivity (Wildman–Crippen MR) is 182 cm³/mol. The van der Waals surface area contributed by atoms with Crippen molar-refractivity contribution < 1.29 is 9.22 Å². The van der Waals surface area contributed by atoms with Gasteiger partial charge in [0, 0.05) is 22.4 Å². The molecule has 0 aliphatic carbocycles. The first-order chi connectivity index (χ1) is 20.7. The fraction of sp³-hybridized carbons (Fsp3) is 0.324. The first kappa shape index (κ1) is 31.5. The molecule has 0 radical (unpaired) electrons. The molecule has 224 valence electrons. The smallest absolute Gasteiger partial charge is 0.261 e. The molecule has 3 atom stereocenters. The first-order valence-electron chi connectivity index (χ1n) is 15.2. The van der Waals surface area contributed by atoms with Crippen LogP contribution >= 0.6 is 23.2 Å². The maximum Gasteiger partial charge on any atom is 0.261 e. The first-order valence-corrected chi connectivity index (χ1v) is 17.9. The van der Waals surface area contributed by atoms with Crippen molar-refractivity contribution >= 4 is 47.8 Å². The van der Waals surface area contributed by atoms with E-state index in [1.165, 1.54) is 10.4 Å². The summed E-state index contributed by atoms with van der Waals surface area (Å²) in [6, 6.07) is 37.1. The molecule has 1 heterocycles. The highest BCUT2D eigenvalue weighted by Gasteiger charge is 2.51. The average Bonchev–Trinajstić information content (AvgIpc) is 3.00. The van der Waals surface area contributed by atoms with Gasteiger partial charge < -0.3 is 9.33 Å². The normalized spacial score (nSPS) is 18.5. The van der Waals surface area contributed by atoms with Gasteiger partial charge in [0.15, 0.2) is 0 Å². The lowest BCUT2D eigenvalue weighted by atomic mass is 9.79. The molecule has 4 aromatic carbocycles. The van der Waals surface area contributed by atoms with Crippen molar-refractivity contribution in [3.8, 4) is 0 Å². The van der Waals surface area contributed by atoms with Crippen LogP contribution in [0, 0.1) is 0 Å². The quantitative estimate of drug-likeness (QED) is 0.173. The maximum atomic E-state index is 14.0. The third kappa shape index (κ3) is 6.49. The average molecular weight is 631 g/mol. The van der Waals surface area contributed by atoms with Crippen LogP contribution in [0.25, 0.3) is 0 Å². The van der Waals surface area contributed by atoms with E-state index in [4.69, 9.17) is 27.6 Å². The van der Waals surface area contributed by atoms with E-state index >= 15 is 0 Å². The molecule has 1 aliphatic rings. The summed E-state index contributed by atoms with van der Waals surface area (Å²) in [5, 5.41) is 3.70. The van der Waals surface area contributed by atoms with Crippen molar-refractivity contribution in [3.63, 3.8) is 0 Å². The summed E-state index contributed by atoms with van der Waals surface area (Å²) in [6.45, 7) is 9.48. The number of benzene rings is 4. The van der Waals surface area contributed by atoms with Gasteiger partial charge in [-0.2, -0.15) is 0 Å². The molecule has 0 spiro atoms. The van der Waals surface area contributed by atoms with Crippen LogP contribution < -0.4 is 10.4 Å². The molecule has 1 amide bonds. The summed E-state index contributed by atoms with van der Waals surface area (Å²) in [5.74, 6) is 0.260. The number of rotatable bonds is 9. The molecule has 5 rings (SSSR count). The van der Waals surface area contributed by atoms with Crippen LogP contribution in [0.2, 0.25) is 15.1 Å². The number of carbonyl (C=O) groups excluding carboxylic acids is 1. The van der Waals surface area contributed by atoms with Crippen molar-refractivity contribution in [2.75, 3.05) is 6.61 Å². The highest BCUT2D eigenvalue weighted by molar-refractivity contribution is 6.99. The van der Waals surface area contributed by atoms with Crippen molar-refractivity contribution in [2.24, 2.45) is 0 Å². The fourth-order valence-electron chi connectivity index (χ4n) is 6.86. The molecule has 43 heavy (non-hydrogen) atoms. The fourth-order valence-corrected chi connectivity index (χ4v) is 11.8. The van der Waals surface area contributed by atoms with Crippen LogP contribution in [0.15, 0.2) is 109 Å². The van der Waals surface area contributed by atoms with Crippen molar-refractivity contribution in [2.45, 2.75) is 70.0 Å². The van der Waals surface area contributed by atoms with E-state index < -0.39 is 8.32 Å². The van der Waals surface area contributed by atoms with Crippen LogP contribution in [0.3, 0.4) is 0 Å². The number of likely N-dealkylation sites (tertiary alicyclic amines) is 1. The number of piperidine rings is 1. The van der Waals surface area contributed by atoms with Gasteiger partial charge in [-0.3, -0.25) is 4.79 Å². The number of nitrogens with zero attached hydrogens (tertiary/aromatic N) is 1. The summed E-state index contributed by atoms with van der Waals surface area (Å²) in [6.07, 6.45) is 2.02. The number of hydrogen-bond acceptors (Lipinski definition) is 2. The van der Waals surface area contributed by atoms with E-state index in [1.54, 1.807) is 0 Å². The third-order valence-corrected chi connectivity index (χ3v) is 14.4.